The van der Waals surface area contributed by atoms with Gasteiger partial charge in [0.1, 0.15) is 0 Å². The van der Waals surface area contributed by atoms with Crippen LogP contribution in [-0.2, 0) is 11.2 Å². The molecule has 1 unspecified atom stereocenters. The number of anilines is 1. The molecule has 126 valence electrons. The van der Waals surface area contributed by atoms with Crippen LogP contribution in [0.25, 0.3) is 0 Å². The molecule has 1 aliphatic rings. The molecule has 0 bridgehead atoms. The predicted molar refractivity (Wildman–Crippen MR) is 91.9 cm³/mol. The summed E-state index contributed by atoms with van der Waals surface area (Å²) in [6.07, 6.45) is 3.26. The topological polar surface area (TPSA) is 81.3 Å². The second-order valence-electron chi connectivity index (χ2n) is 5.96. The van der Waals surface area contributed by atoms with Gasteiger partial charge < -0.3 is 15.4 Å². The van der Waals surface area contributed by atoms with Gasteiger partial charge in [0.05, 0.1) is 6.10 Å². The zero-order valence-electron chi connectivity index (χ0n) is 13.6. The molecule has 0 spiro atoms. The van der Waals surface area contributed by atoms with E-state index in [1.807, 2.05) is 6.07 Å². The first-order valence-electron chi connectivity index (χ1n) is 8.26. The van der Waals surface area contributed by atoms with E-state index in [0.717, 1.165) is 44.8 Å². The smallest absolute Gasteiger partial charge is 0.269 e. The van der Waals surface area contributed by atoms with Crippen molar-refractivity contribution >= 4 is 11.7 Å². The number of hydrogen-bond acceptors (Lipinski definition) is 5. The van der Waals surface area contributed by atoms with Gasteiger partial charge in [0.15, 0.2) is 11.5 Å². The van der Waals surface area contributed by atoms with E-state index >= 15 is 0 Å². The van der Waals surface area contributed by atoms with Gasteiger partial charge in [0, 0.05) is 19.7 Å². The van der Waals surface area contributed by atoms with Gasteiger partial charge in [0.25, 0.3) is 5.91 Å². The Kier molecular flexibility index (Phi) is 5.38. The van der Waals surface area contributed by atoms with Crippen molar-refractivity contribution in [1.82, 2.24) is 10.2 Å². The van der Waals surface area contributed by atoms with Crippen LogP contribution in [0.4, 0.5) is 5.82 Å². The number of hydrogen-bond donors (Lipinski definition) is 1. The molecule has 2 heterocycles. The lowest BCUT2D eigenvalue weighted by molar-refractivity contribution is 0.0666. The van der Waals surface area contributed by atoms with Gasteiger partial charge in [-0.15, -0.1) is 10.2 Å². The lowest BCUT2D eigenvalue weighted by Gasteiger charge is -2.17. The lowest BCUT2D eigenvalue weighted by Crippen LogP contribution is -2.25. The van der Waals surface area contributed by atoms with Crippen molar-refractivity contribution in [3.8, 4) is 0 Å². The van der Waals surface area contributed by atoms with Crippen molar-refractivity contribution in [1.29, 1.82) is 0 Å². The molecule has 6 nitrogen and oxygen atoms in total. The Balaban J connectivity index is 1.41. The summed E-state index contributed by atoms with van der Waals surface area (Å²) in [7, 11) is 0. The number of benzene rings is 1. The van der Waals surface area contributed by atoms with Crippen LogP contribution >= 0.6 is 0 Å². The van der Waals surface area contributed by atoms with Crippen molar-refractivity contribution in [2.45, 2.75) is 25.4 Å². The molecule has 1 fully saturated rings. The van der Waals surface area contributed by atoms with E-state index in [1.54, 1.807) is 12.1 Å². The minimum Gasteiger partial charge on any atom is -0.376 e. The van der Waals surface area contributed by atoms with Gasteiger partial charge in [-0.05, 0) is 37.0 Å². The zero-order valence-corrected chi connectivity index (χ0v) is 13.6. The molecule has 1 aromatic heterocycles. The minimum absolute atomic E-state index is 0.187. The second-order valence-corrected chi connectivity index (χ2v) is 5.96. The van der Waals surface area contributed by atoms with E-state index in [-0.39, 0.29) is 11.8 Å². The van der Waals surface area contributed by atoms with Crippen LogP contribution in [0.3, 0.4) is 0 Å². The van der Waals surface area contributed by atoms with E-state index < -0.39 is 5.91 Å². The van der Waals surface area contributed by atoms with Crippen molar-refractivity contribution in [3.63, 3.8) is 0 Å². The van der Waals surface area contributed by atoms with Crippen molar-refractivity contribution < 1.29 is 9.53 Å². The van der Waals surface area contributed by atoms with Crippen molar-refractivity contribution in [3.05, 3.63) is 53.7 Å². The highest BCUT2D eigenvalue weighted by atomic mass is 16.5. The fraction of sp³-hybridized carbons (Fsp3) is 0.389. The maximum Gasteiger partial charge on any atom is 0.269 e. The highest BCUT2D eigenvalue weighted by Crippen LogP contribution is 2.19. The maximum absolute atomic E-state index is 11.0. The highest BCUT2D eigenvalue weighted by molar-refractivity contribution is 5.90. The number of aromatic nitrogens is 2. The molecule has 0 saturated carbocycles. The van der Waals surface area contributed by atoms with Crippen LogP contribution in [0.2, 0.25) is 0 Å². The van der Waals surface area contributed by atoms with Crippen LogP contribution in [0.1, 0.15) is 28.9 Å². The summed E-state index contributed by atoms with van der Waals surface area (Å²) in [5.41, 5.74) is 6.71. The fourth-order valence-corrected chi connectivity index (χ4v) is 2.87. The first kappa shape index (κ1) is 16.4. The van der Waals surface area contributed by atoms with Crippen LogP contribution in [0, 0.1) is 0 Å². The Bertz CT molecular complexity index is 660. The van der Waals surface area contributed by atoms with Gasteiger partial charge in [0.2, 0.25) is 0 Å². The number of nitrogens with two attached hydrogens (primary N) is 1. The molecule has 1 amide bonds. The van der Waals surface area contributed by atoms with E-state index in [2.05, 4.69) is 39.4 Å². The van der Waals surface area contributed by atoms with Crippen molar-refractivity contribution in [2.75, 3.05) is 24.6 Å². The predicted octanol–water partition coefficient (Wildman–Crippen LogP) is 1.80. The summed E-state index contributed by atoms with van der Waals surface area (Å²) in [6, 6.07) is 13.8. The van der Waals surface area contributed by atoms with E-state index in [4.69, 9.17) is 10.5 Å². The van der Waals surface area contributed by atoms with Crippen molar-refractivity contribution in [2.24, 2.45) is 5.73 Å². The number of rotatable bonds is 7. The summed E-state index contributed by atoms with van der Waals surface area (Å²) in [6.45, 7) is 2.45. The number of amides is 1. The first-order chi connectivity index (χ1) is 11.7. The van der Waals surface area contributed by atoms with Gasteiger partial charge in [-0.3, -0.25) is 4.79 Å². The normalized spacial score (nSPS) is 17.2. The van der Waals surface area contributed by atoms with Gasteiger partial charge in [-0.1, -0.05) is 30.3 Å². The molecule has 2 aromatic rings. The minimum atomic E-state index is -0.560. The average molecular weight is 326 g/mol. The molecule has 0 aliphatic carbocycles. The SMILES string of the molecule is NC(=O)c1ccc(N2CCC(OCCCc3ccccc3)C2)nn1. The molecular formula is C18H22N4O2. The van der Waals surface area contributed by atoms with E-state index in [1.165, 1.54) is 5.56 Å². The Morgan fingerprint density at radius 3 is 2.75 bits per heavy atom. The first-order valence-corrected chi connectivity index (χ1v) is 8.26. The highest BCUT2D eigenvalue weighted by Gasteiger charge is 2.24. The van der Waals surface area contributed by atoms with Gasteiger partial charge in [-0.25, -0.2) is 0 Å². The molecule has 1 atom stereocenters. The fourth-order valence-electron chi connectivity index (χ4n) is 2.87. The Labute approximate surface area is 141 Å². The third-order valence-electron chi connectivity index (χ3n) is 4.18. The quantitative estimate of drug-likeness (QED) is 0.785. The third-order valence-corrected chi connectivity index (χ3v) is 4.18. The summed E-state index contributed by atoms with van der Waals surface area (Å²) in [4.78, 5) is 13.1. The average Bonchev–Trinajstić information content (AvgIpc) is 3.09. The number of aryl methyl sites for hydroxylation is 1. The Morgan fingerprint density at radius 2 is 2.04 bits per heavy atom. The van der Waals surface area contributed by atoms with Crippen LogP contribution in [0.5, 0.6) is 0 Å². The second kappa shape index (κ2) is 7.88. The van der Waals surface area contributed by atoms with Crippen LogP contribution in [0.15, 0.2) is 42.5 Å². The molecule has 24 heavy (non-hydrogen) atoms. The van der Waals surface area contributed by atoms with E-state index in [9.17, 15) is 4.79 Å². The monoisotopic (exact) mass is 326 g/mol. The maximum atomic E-state index is 11.0. The Morgan fingerprint density at radius 1 is 1.21 bits per heavy atom. The standard InChI is InChI=1S/C18H22N4O2/c19-18(23)16-8-9-17(21-20-16)22-11-10-15(13-22)24-12-4-7-14-5-2-1-3-6-14/h1-3,5-6,8-9,15H,4,7,10-13H2,(H2,19,23). The largest absolute Gasteiger partial charge is 0.376 e. The third kappa shape index (κ3) is 4.29. The zero-order chi connectivity index (χ0) is 16.8. The summed E-state index contributed by atoms with van der Waals surface area (Å²) >= 11 is 0. The number of carbonyl (C=O) groups excluding carboxylic acids is 1. The summed E-state index contributed by atoms with van der Waals surface area (Å²) in [5.74, 6) is 0.200. The summed E-state index contributed by atoms with van der Waals surface area (Å²) in [5, 5.41) is 7.92. The summed E-state index contributed by atoms with van der Waals surface area (Å²) < 4.78 is 5.97. The number of ether oxygens (including phenoxy) is 1. The molecule has 6 heteroatoms. The molecule has 0 radical (unpaired) electrons. The molecule has 1 saturated heterocycles. The molecule has 1 aromatic carbocycles. The van der Waals surface area contributed by atoms with Crippen LogP contribution < -0.4 is 10.6 Å². The van der Waals surface area contributed by atoms with Crippen LogP contribution in [-0.4, -0.2) is 41.9 Å². The number of primary amides is 1. The molecular weight excluding hydrogens is 304 g/mol. The number of carbonyl (C=O) groups is 1. The molecule has 3 rings (SSSR count). The number of nitrogens with zero attached hydrogens (tertiary/aromatic N) is 3. The van der Waals surface area contributed by atoms with Gasteiger partial charge >= 0.3 is 0 Å². The lowest BCUT2D eigenvalue weighted by atomic mass is 10.1. The Hall–Kier alpha value is -2.47. The molecule has 2 N–H and O–H groups in total. The van der Waals surface area contributed by atoms with E-state index in [0.29, 0.717) is 0 Å². The molecule has 1 aliphatic heterocycles. The van der Waals surface area contributed by atoms with Gasteiger partial charge in [-0.2, -0.15) is 0 Å².